The normalized spacial score (nSPS) is 10.5. The van der Waals surface area contributed by atoms with E-state index in [4.69, 9.17) is 10.00 Å². The van der Waals surface area contributed by atoms with Crippen LogP contribution in [0.5, 0.6) is 5.75 Å². The van der Waals surface area contributed by atoms with Crippen LogP contribution in [0.25, 0.3) is 10.8 Å². The van der Waals surface area contributed by atoms with Crippen molar-refractivity contribution in [3.63, 3.8) is 0 Å². The topological polar surface area (TPSA) is 75.0 Å². The molecule has 2 aromatic carbocycles. The summed E-state index contributed by atoms with van der Waals surface area (Å²) in [4.78, 5) is 16.5. The van der Waals surface area contributed by atoms with Crippen molar-refractivity contribution in [3.8, 4) is 11.8 Å². The number of fused-ring (bicyclic) bond motifs is 1. The average Bonchev–Trinajstić information content (AvgIpc) is 2.98. The summed E-state index contributed by atoms with van der Waals surface area (Å²) in [5.41, 5.74) is 0.809. The van der Waals surface area contributed by atoms with Gasteiger partial charge in [-0.05, 0) is 39.7 Å². The first kappa shape index (κ1) is 18.7. The number of carbonyl (C=O) groups excluding carboxylic acids is 1. The van der Waals surface area contributed by atoms with Crippen LogP contribution < -0.4 is 10.1 Å². The Morgan fingerprint density at radius 3 is 3.00 bits per heavy atom. The van der Waals surface area contributed by atoms with E-state index < -0.39 is 0 Å². The van der Waals surface area contributed by atoms with Crippen LogP contribution in [0.15, 0.2) is 45.1 Å². The van der Waals surface area contributed by atoms with E-state index in [9.17, 15) is 4.79 Å². The number of aromatic nitrogens is 1. The van der Waals surface area contributed by atoms with E-state index in [2.05, 4.69) is 32.3 Å². The maximum Gasteiger partial charge on any atom is 0.264 e. The van der Waals surface area contributed by atoms with Gasteiger partial charge in [-0.25, -0.2) is 4.98 Å². The van der Waals surface area contributed by atoms with Crippen LogP contribution >= 0.6 is 39.0 Å². The average molecular weight is 448 g/mol. The lowest BCUT2D eigenvalue weighted by molar-refractivity contribution is -0.118. The molecule has 0 aliphatic heterocycles. The lowest BCUT2D eigenvalue weighted by Crippen LogP contribution is -2.20. The second kappa shape index (κ2) is 8.54. The smallest absolute Gasteiger partial charge is 0.264 e. The third kappa shape index (κ3) is 4.36. The van der Waals surface area contributed by atoms with Crippen molar-refractivity contribution in [2.45, 2.75) is 11.1 Å². The van der Waals surface area contributed by atoms with Crippen LogP contribution in [0.3, 0.4) is 0 Å². The van der Waals surface area contributed by atoms with E-state index in [1.165, 1.54) is 23.1 Å². The van der Waals surface area contributed by atoms with Gasteiger partial charge in [-0.1, -0.05) is 53.4 Å². The van der Waals surface area contributed by atoms with Gasteiger partial charge in [0, 0.05) is 0 Å². The number of hydrogen-bond acceptors (Lipinski definition) is 6. The first-order valence-corrected chi connectivity index (χ1v) is 10.2. The summed E-state index contributed by atoms with van der Waals surface area (Å²) in [6.45, 7) is 1.74. The van der Waals surface area contributed by atoms with Gasteiger partial charge in [0.1, 0.15) is 5.75 Å². The number of ether oxygens (including phenoxy) is 1. The molecule has 0 fully saturated rings. The molecular weight excluding hydrogens is 434 g/mol. The molecule has 8 heteroatoms. The Labute approximate surface area is 167 Å². The van der Waals surface area contributed by atoms with Gasteiger partial charge in [0.15, 0.2) is 11.7 Å². The van der Waals surface area contributed by atoms with Crippen LogP contribution in [0, 0.1) is 18.3 Å². The number of halogens is 1. The van der Waals surface area contributed by atoms with Crippen molar-refractivity contribution in [2.24, 2.45) is 0 Å². The van der Waals surface area contributed by atoms with Crippen molar-refractivity contribution >= 4 is 60.8 Å². The molecule has 0 bridgehead atoms. The minimum absolute atomic E-state index is 0.115. The summed E-state index contributed by atoms with van der Waals surface area (Å²) in [6.07, 6.45) is 0. The quantitative estimate of drug-likeness (QED) is 0.537. The molecule has 0 saturated carbocycles. The first-order chi connectivity index (χ1) is 12.6. The van der Waals surface area contributed by atoms with E-state index in [0.717, 1.165) is 25.1 Å². The van der Waals surface area contributed by atoms with Crippen LogP contribution in [0.1, 0.15) is 5.69 Å². The van der Waals surface area contributed by atoms with Gasteiger partial charge in [-0.3, -0.25) is 10.1 Å². The number of aryl methyl sites for hydroxylation is 1. The second-order valence-electron chi connectivity index (χ2n) is 5.27. The predicted molar refractivity (Wildman–Crippen MR) is 109 cm³/mol. The van der Waals surface area contributed by atoms with E-state index >= 15 is 0 Å². The fraction of sp³-hybridized carbons (Fsp3) is 0.167. The monoisotopic (exact) mass is 447 g/mol. The zero-order valence-corrected chi connectivity index (χ0v) is 17.0. The summed E-state index contributed by atoms with van der Waals surface area (Å²) in [5, 5.41) is 14.0. The minimum Gasteiger partial charge on any atom is -0.483 e. The third-order valence-corrected chi connectivity index (χ3v) is 6.57. The van der Waals surface area contributed by atoms with Gasteiger partial charge < -0.3 is 4.74 Å². The number of anilines is 1. The van der Waals surface area contributed by atoms with E-state index in [1.54, 1.807) is 0 Å². The number of nitrogens with zero attached hydrogens (tertiary/aromatic N) is 2. The Morgan fingerprint density at radius 1 is 1.38 bits per heavy atom. The molecule has 3 rings (SSSR count). The standard InChI is InChI=1S/C18H14BrN3O2S2/c1-11-17(25-9-8-20)26-18(21-11)22-15(23)10-24-14-7-6-12-4-2-3-5-13(12)16(14)19/h2-7H,9-10H2,1H3,(H,21,22,23). The number of nitrogens with one attached hydrogen (secondary N) is 1. The second-order valence-corrected chi connectivity index (χ2v) is 8.31. The van der Waals surface area contributed by atoms with Crippen LogP contribution in [-0.2, 0) is 4.79 Å². The number of thioether (sulfide) groups is 1. The molecule has 26 heavy (non-hydrogen) atoms. The number of hydrogen-bond donors (Lipinski definition) is 1. The number of carbonyl (C=O) groups is 1. The highest BCUT2D eigenvalue weighted by molar-refractivity contribution is 9.10. The molecule has 0 radical (unpaired) electrons. The Hall–Kier alpha value is -2.08. The summed E-state index contributed by atoms with van der Waals surface area (Å²) >= 11 is 6.31. The number of thiazole rings is 1. The maximum absolute atomic E-state index is 12.2. The van der Waals surface area contributed by atoms with Crippen molar-refractivity contribution in [2.75, 3.05) is 17.7 Å². The van der Waals surface area contributed by atoms with E-state index in [0.29, 0.717) is 16.6 Å². The highest BCUT2D eigenvalue weighted by atomic mass is 79.9. The molecule has 5 nitrogen and oxygen atoms in total. The van der Waals surface area contributed by atoms with Crippen molar-refractivity contribution in [3.05, 3.63) is 46.6 Å². The fourth-order valence-electron chi connectivity index (χ4n) is 2.29. The first-order valence-electron chi connectivity index (χ1n) is 7.65. The molecule has 0 aliphatic rings. The summed E-state index contributed by atoms with van der Waals surface area (Å²) in [6, 6.07) is 13.8. The van der Waals surface area contributed by atoms with Gasteiger partial charge in [0.05, 0.1) is 26.2 Å². The van der Waals surface area contributed by atoms with Gasteiger partial charge >= 0.3 is 0 Å². The minimum atomic E-state index is -0.282. The van der Waals surface area contributed by atoms with E-state index in [-0.39, 0.29) is 12.5 Å². The number of rotatable bonds is 6. The zero-order valence-electron chi connectivity index (χ0n) is 13.8. The number of benzene rings is 2. The molecule has 3 aromatic rings. The highest BCUT2D eigenvalue weighted by Gasteiger charge is 2.12. The predicted octanol–water partition coefficient (Wildman–Crippen LogP) is 5.00. The summed E-state index contributed by atoms with van der Waals surface area (Å²) in [5.74, 6) is 0.685. The maximum atomic E-state index is 12.2. The number of amides is 1. The van der Waals surface area contributed by atoms with Gasteiger partial charge in [0.25, 0.3) is 5.91 Å². The summed E-state index contributed by atoms with van der Waals surface area (Å²) < 4.78 is 7.40. The van der Waals surface area contributed by atoms with Crippen molar-refractivity contribution < 1.29 is 9.53 Å². The van der Waals surface area contributed by atoms with Crippen LogP contribution in [0.2, 0.25) is 0 Å². The van der Waals surface area contributed by atoms with Gasteiger partial charge in [-0.15, -0.1) is 0 Å². The molecule has 0 unspecified atom stereocenters. The molecule has 132 valence electrons. The molecule has 1 aromatic heterocycles. The Balaban J connectivity index is 1.63. The van der Waals surface area contributed by atoms with Crippen molar-refractivity contribution in [1.82, 2.24) is 4.98 Å². The molecule has 0 saturated heterocycles. The fourth-order valence-corrected chi connectivity index (χ4v) is 4.71. The van der Waals surface area contributed by atoms with Crippen LogP contribution in [0.4, 0.5) is 5.13 Å². The summed E-state index contributed by atoms with van der Waals surface area (Å²) in [7, 11) is 0. The lowest BCUT2D eigenvalue weighted by atomic mass is 10.1. The van der Waals surface area contributed by atoms with E-state index in [1.807, 2.05) is 43.3 Å². The Bertz CT molecular complexity index is 998. The highest BCUT2D eigenvalue weighted by Crippen LogP contribution is 2.33. The number of nitriles is 1. The molecule has 1 N–H and O–H groups in total. The Kier molecular flexibility index (Phi) is 6.14. The molecule has 0 aliphatic carbocycles. The van der Waals surface area contributed by atoms with Crippen molar-refractivity contribution in [1.29, 1.82) is 5.26 Å². The molecule has 0 atom stereocenters. The SMILES string of the molecule is Cc1nc(NC(=O)COc2ccc3ccccc3c2Br)sc1SCC#N. The molecule has 0 spiro atoms. The lowest BCUT2D eigenvalue weighted by Gasteiger charge is -2.10. The largest absolute Gasteiger partial charge is 0.483 e. The zero-order chi connectivity index (χ0) is 18.5. The van der Waals surface area contributed by atoms with Gasteiger partial charge in [0.2, 0.25) is 0 Å². The third-order valence-electron chi connectivity index (χ3n) is 3.45. The molecule has 1 heterocycles. The molecule has 1 amide bonds. The molecular formula is C18H14BrN3O2S2. The van der Waals surface area contributed by atoms with Crippen LogP contribution in [-0.4, -0.2) is 23.3 Å². The van der Waals surface area contributed by atoms with Gasteiger partial charge in [-0.2, -0.15) is 5.26 Å². The Morgan fingerprint density at radius 2 is 2.19 bits per heavy atom.